The number of benzene rings is 1. The molecule has 4 heteroatoms. The highest BCUT2D eigenvalue weighted by Crippen LogP contribution is 2.43. The molecular formula is C15H16O4. The van der Waals surface area contributed by atoms with E-state index in [1.165, 1.54) is 0 Å². The first-order valence-electron chi connectivity index (χ1n) is 6.29. The third-order valence-corrected chi connectivity index (χ3v) is 3.88. The molecule has 1 aromatic carbocycles. The van der Waals surface area contributed by atoms with Gasteiger partial charge in [-0.3, -0.25) is 4.79 Å². The molecule has 0 amide bonds. The molecule has 0 saturated carbocycles. The van der Waals surface area contributed by atoms with Crippen molar-refractivity contribution in [2.24, 2.45) is 5.92 Å². The standard InChI is InChI=1S/C15H16O4/c1-8-13-9(7-19-8)6-10-11(17-2)4-5-12(18-3)14(10)15(13)16/h4-5,9H,6-7H2,1-3H3. The number of hydrogen-bond donors (Lipinski definition) is 0. The molecule has 0 radical (unpaired) electrons. The summed E-state index contributed by atoms with van der Waals surface area (Å²) in [6, 6.07) is 3.63. The highest BCUT2D eigenvalue weighted by atomic mass is 16.5. The van der Waals surface area contributed by atoms with Crippen molar-refractivity contribution in [2.75, 3.05) is 20.8 Å². The van der Waals surface area contributed by atoms with Crippen LogP contribution in [-0.4, -0.2) is 26.6 Å². The zero-order valence-electron chi connectivity index (χ0n) is 11.3. The Morgan fingerprint density at radius 3 is 2.58 bits per heavy atom. The second-order valence-electron chi connectivity index (χ2n) is 4.83. The SMILES string of the molecule is COc1ccc(OC)c2c1CC1COC(C)=C1C2=O. The molecule has 0 N–H and O–H groups in total. The zero-order chi connectivity index (χ0) is 13.6. The Labute approximate surface area is 112 Å². The molecule has 1 aliphatic carbocycles. The second kappa shape index (κ2) is 4.30. The van der Waals surface area contributed by atoms with Gasteiger partial charge in [0, 0.05) is 17.1 Å². The molecule has 19 heavy (non-hydrogen) atoms. The van der Waals surface area contributed by atoms with Gasteiger partial charge in [-0.25, -0.2) is 0 Å². The first kappa shape index (κ1) is 12.1. The van der Waals surface area contributed by atoms with Crippen LogP contribution in [0.4, 0.5) is 0 Å². The van der Waals surface area contributed by atoms with E-state index in [-0.39, 0.29) is 11.7 Å². The summed E-state index contributed by atoms with van der Waals surface area (Å²) in [6.07, 6.45) is 0.758. The van der Waals surface area contributed by atoms with Crippen molar-refractivity contribution in [3.63, 3.8) is 0 Å². The van der Waals surface area contributed by atoms with Gasteiger partial charge < -0.3 is 14.2 Å². The number of fused-ring (bicyclic) bond motifs is 2. The third-order valence-electron chi connectivity index (χ3n) is 3.88. The molecule has 1 aromatic rings. The summed E-state index contributed by atoms with van der Waals surface area (Å²) in [4.78, 5) is 12.7. The lowest BCUT2D eigenvalue weighted by Crippen LogP contribution is -2.24. The highest BCUT2D eigenvalue weighted by molar-refractivity contribution is 6.13. The summed E-state index contributed by atoms with van der Waals surface area (Å²) >= 11 is 0. The van der Waals surface area contributed by atoms with Gasteiger partial charge in [0.15, 0.2) is 5.78 Å². The largest absolute Gasteiger partial charge is 0.497 e. The Balaban J connectivity index is 2.23. The summed E-state index contributed by atoms with van der Waals surface area (Å²) in [5, 5.41) is 0. The van der Waals surface area contributed by atoms with Crippen LogP contribution in [0.1, 0.15) is 22.8 Å². The smallest absolute Gasteiger partial charge is 0.196 e. The van der Waals surface area contributed by atoms with Crippen LogP contribution in [0.25, 0.3) is 0 Å². The van der Waals surface area contributed by atoms with Crippen LogP contribution in [0.2, 0.25) is 0 Å². The quantitative estimate of drug-likeness (QED) is 0.819. The average molecular weight is 260 g/mol. The Morgan fingerprint density at radius 1 is 1.21 bits per heavy atom. The monoisotopic (exact) mass is 260 g/mol. The molecule has 0 aromatic heterocycles. The van der Waals surface area contributed by atoms with Gasteiger partial charge in [0.2, 0.25) is 0 Å². The van der Waals surface area contributed by atoms with Gasteiger partial charge in [-0.05, 0) is 25.5 Å². The molecule has 0 saturated heterocycles. The molecule has 3 rings (SSSR count). The van der Waals surface area contributed by atoms with Crippen LogP contribution < -0.4 is 9.47 Å². The molecule has 0 bridgehead atoms. The van der Waals surface area contributed by atoms with Crippen LogP contribution >= 0.6 is 0 Å². The maximum Gasteiger partial charge on any atom is 0.196 e. The Kier molecular flexibility index (Phi) is 2.73. The number of carbonyl (C=O) groups is 1. The molecule has 1 atom stereocenters. The van der Waals surface area contributed by atoms with E-state index >= 15 is 0 Å². The Hall–Kier alpha value is -1.97. The maximum absolute atomic E-state index is 12.7. The summed E-state index contributed by atoms with van der Waals surface area (Å²) in [7, 11) is 3.20. The molecular weight excluding hydrogens is 244 g/mol. The van der Waals surface area contributed by atoms with Gasteiger partial charge in [0.1, 0.15) is 17.3 Å². The fourth-order valence-corrected chi connectivity index (χ4v) is 2.98. The molecule has 1 unspecified atom stereocenters. The molecule has 2 aliphatic rings. The van der Waals surface area contributed by atoms with Crippen LogP contribution in [0.5, 0.6) is 11.5 Å². The Bertz CT molecular complexity index is 586. The molecule has 0 spiro atoms. The molecule has 0 fully saturated rings. The number of ether oxygens (including phenoxy) is 3. The van der Waals surface area contributed by atoms with Crippen LogP contribution in [0.3, 0.4) is 0 Å². The van der Waals surface area contributed by atoms with Gasteiger partial charge in [-0.1, -0.05) is 0 Å². The molecule has 100 valence electrons. The van der Waals surface area contributed by atoms with Crippen LogP contribution in [0, 0.1) is 5.92 Å². The van der Waals surface area contributed by atoms with Crippen molar-refractivity contribution in [1.29, 1.82) is 0 Å². The minimum Gasteiger partial charge on any atom is -0.497 e. The minimum absolute atomic E-state index is 0.0111. The van der Waals surface area contributed by atoms with Gasteiger partial charge in [0.05, 0.1) is 26.4 Å². The fourth-order valence-electron chi connectivity index (χ4n) is 2.98. The van der Waals surface area contributed by atoms with Gasteiger partial charge >= 0.3 is 0 Å². The predicted molar refractivity (Wildman–Crippen MR) is 69.7 cm³/mol. The number of allylic oxidation sites excluding steroid dienone is 1. The number of Topliss-reactive ketones (excluding diaryl/α,β-unsaturated/α-hetero) is 1. The van der Waals surface area contributed by atoms with Gasteiger partial charge in [-0.2, -0.15) is 0 Å². The van der Waals surface area contributed by atoms with E-state index in [2.05, 4.69) is 0 Å². The summed E-state index contributed by atoms with van der Waals surface area (Å²) in [5.74, 6) is 2.24. The molecule has 1 aliphatic heterocycles. The van der Waals surface area contributed by atoms with E-state index < -0.39 is 0 Å². The van der Waals surface area contributed by atoms with Gasteiger partial charge in [-0.15, -0.1) is 0 Å². The van der Waals surface area contributed by atoms with Crippen molar-refractivity contribution in [1.82, 2.24) is 0 Å². The lowest BCUT2D eigenvalue weighted by Gasteiger charge is -2.24. The number of ketones is 1. The second-order valence-corrected chi connectivity index (χ2v) is 4.83. The van der Waals surface area contributed by atoms with Crippen molar-refractivity contribution in [3.8, 4) is 11.5 Å². The topological polar surface area (TPSA) is 44.8 Å². The fraction of sp³-hybridized carbons (Fsp3) is 0.400. The van der Waals surface area contributed by atoms with E-state index in [4.69, 9.17) is 14.2 Å². The van der Waals surface area contributed by atoms with Crippen LogP contribution in [-0.2, 0) is 11.2 Å². The first-order valence-corrected chi connectivity index (χ1v) is 6.29. The predicted octanol–water partition coefficient (Wildman–Crippen LogP) is 2.36. The van der Waals surface area contributed by atoms with Crippen molar-refractivity contribution >= 4 is 5.78 Å². The summed E-state index contributed by atoms with van der Waals surface area (Å²) in [5.41, 5.74) is 2.34. The number of carbonyl (C=O) groups excluding carboxylic acids is 1. The molecule has 4 nitrogen and oxygen atoms in total. The highest BCUT2D eigenvalue weighted by Gasteiger charge is 2.39. The Morgan fingerprint density at radius 2 is 1.89 bits per heavy atom. The first-order chi connectivity index (χ1) is 9.17. The van der Waals surface area contributed by atoms with E-state index in [9.17, 15) is 4.79 Å². The van der Waals surface area contributed by atoms with E-state index in [1.807, 2.05) is 13.0 Å². The number of rotatable bonds is 2. The van der Waals surface area contributed by atoms with Crippen molar-refractivity contribution in [3.05, 3.63) is 34.6 Å². The normalized spacial score (nSPS) is 20.8. The maximum atomic E-state index is 12.7. The van der Waals surface area contributed by atoms with E-state index in [0.29, 0.717) is 17.9 Å². The number of hydrogen-bond acceptors (Lipinski definition) is 4. The van der Waals surface area contributed by atoms with Crippen molar-refractivity contribution in [2.45, 2.75) is 13.3 Å². The average Bonchev–Trinajstić information content (AvgIpc) is 2.79. The lowest BCUT2D eigenvalue weighted by molar-refractivity contribution is 0.101. The summed E-state index contributed by atoms with van der Waals surface area (Å²) in [6.45, 7) is 2.43. The summed E-state index contributed by atoms with van der Waals surface area (Å²) < 4.78 is 16.2. The van der Waals surface area contributed by atoms with E-state index in [1.54, 1.807) is 20.3 Å². The van der Waals surface area contributed by atoms with Gasteiger partial charge in [0.25, 0.3) is 0 Å². The van der Waals surface area contributed by atoms with Crippen molar-refractivity contribution < 1.29 is 19.0 Å². The number of methoxy groups -OCH3 is 2. The van der Waals surface area contributed by atoms with Crippen LogP contribution in [0.15, 0.2) is 23.5 Å². The van der Waals surface area contributed by atoms with E-state index in [0.717, 1.165) is 29.1 Å². The minimum atomic E-state index is 0.0111. The third kappa shape index (κ3) is 1.63. The molecule has 1 heterocycles. The zero-order valence-corrected chi connectivity index (χ0v) is 11.3. The lowest BCUT2D eigenvalue weighted by atomic mass is 9.79.